The van der Waals surface area contributed by atoms with Crippen molar-refractivity contribution in [3.05, 3.63) is 53.1 Å². The topological polar surface area (TPSA) is 82.2 Å². The Bertz CT molecular complexity index is 1230. The molecular formula is C25H28ClF3N6O. The molecule has 0 unspecified atom stereocenters. The van der Waals surface area contributed by atoms with Crippen molar-refractivity contribution in [1.82, 2.24) is 15.3 Å². The Labute approximate surface area is 212 Å². The quantitative estimate of drug-likeness (QED) is 0.362. The Morgan fingerprint density at radius 3 is 2.50 bits per heavy atom. The number of alkyl halides is 3. The molecule has 0 aliphatic heterocycles. The summed E-state index contributed by atoms with van der Waals surface area (Å²) < 4.78 is 39.7. The highest BCUT2D eigenvalue weighted by molar-refractivity contribution is 6.30. The smallest absolute Gasteiger partial charge is 0.362 e. The molecular weight excluding hydrogens is 493 g/mol. The summed E-state index contributed by atoms with van der Waals surface area (Å²) >= 11 is 5.69. The predicted molar refractivity (Wildman–Crippen MR) is 137 cm³/mol. The van der Waals surface area contributed by atoms with E-state index in [1.54, 1.807) is 0 Å². The highest BCUT2D eigenvalue weighted by Crippen LogP contribution is 2.36. The number of carbonyl (C=O) groups is 1. The van der Waals surface area contributed by atoms with Gasteiger partial charge in [-0.25, -0.2) is 9.78 Å². The van der Waals surface area contributed by atoms with E-state index in [4.69, 9.17) is 16.6 Å². The van der Waals surface area contributed by atoms with E-state index >= 15 is 0 Å². The van der Waals surface area contributed by atoms with Crippen LogP contribution in [0.5, 0.6) is 0 Å². The molecule has 2 amide bonds. The summed E-state index contributed by atoms with van der Waals surface area (Å²) in [6.07, 6.45) is -1.16. The van der Waals surface area contributed by atoms with Gasteiger partial charge in [0.05, 0.1) is 16.8 Å². The lowest BCUT2D eigenvalue weighted by atomic mass is 9.86. The summed E-state index contributed by atoms with van der Waals surface area (Å²) in [7, 11) is 3.90. The Balaban J connectivity index is 1.29. The molecule has 0 bridgehead atoms. The number of benzene rings is 2. The van der Waals surface area contributed by atoms with Crippen LogP contribution in [0.1, 0.15) is 31.2 Å². The third kappa shape index (κ3) is 6.29. The highest BCUT2D eigenvalue weighted by atomic mass is 35.5. The number of fused-ring (bicyclic) bond motifs is 1. The fraction of sp³-hybridized carbons (Fsp3) is 0.400. The van der Waals surface area contributed by atoms with Gasteiger partial charge in [0.15, 0.2) is 0 Å². The van der Waals surface area contributed by atoms with Gasteiger partial charge >= 0.3 is 12.2 Å². The van der Waals surface area contributed by atoms with Gasteiger partial charge in [-0.2, -0.15) is 18.2 Å². The number of nitrogens with zero attached hydrogens (tertiary/aromatic N) is 3. The lowest BCUT2D eigenvalue weighted by Gasteiger charge is -2.29. The molecule has 0 atom stereocenters. The van der Waals surface area contributed by atoms with Crippen molar-refractivity contribution in [2.45, 2.75) is 37.9 Å². The zero-order valence-corrected chi connectivity index (χ0v) is 20.7. The molecule has 1 aliphatic carbocycles. The summed E-state index contributed by atoms with van der Waals surface area (Å²) in [6.45, 7) is 0.380. The Hall–Kier alpha value is -3.27. The normalized spacial score (nSPS) is 18.1. The highest BCUT2D eigenvalue weighted by Gasteiger charge is 2.34. The fourth-order valence-electron chi connectivity index (χ4n) is 4.42. The number of urea groups is 1. The number of nitrogens with one attached hydrogen (secondary N) is 3. The van der Waals surface area contributed by atoms with Crippen LogP contribution in [-0.2, 0) is 6.18 Å². The van der Waals surface area contributed by atoms with Gasteiger partial charge in [-0.3, -0.25) is 0 Å². The van der Waals surface area contributed by atoms with Crippen molar-refractivity contribution >= 4 is 46.0 Å². The van der Waals surface area contributed by atoms with Crippen LogP contribution in [-0.4, -0.2) is 42.7 Å². The van der Waals surface area contributed by atoms with Crippen molar-refractivity contribution in [3.8, 4) is 0 Å². The number of hydrogen-bond donors (Lipinski definition) is 3. The maximum Gasteiger partial charge on any atom is 0.418 e. The summed E-state index contributed by atoms with van der Waals surface area (Å²) in [4.78, 5) is 23.6. The van der Waals surface area contributed by atoms with Gasteiger partial charge < -0.3 is 20.9 Å². The summed E-state index contributed by atoms with van der Waals surface area (Å²) in [6, 6.07) is 10.7. The number of carbonyl (C=O) groups excluding carboxylic acids is 1. The first-order valence-corrected chi connectivity index (χ1v) is 12.1. The second-order valence-corrected chi connectivity index (χ2v) is 9.60. The molecule has 4 rings (SSSR count). The van der Waals surface area contributed by atoms with Gasteiger partial charge in [-0.05, 0) is 61.9 Å². The molecule has 0 spiro atoms. The van der Waals surface area contributed by atoms with Crippen LogP contribution in [0.25, 0.3) is 10.9 Å². The lowest BCUT2D eigenvalue weighted by molar-refractivity contribution is -0.136. The third-order valence-corrected chi connectivity index (χ3v) is 6.51. The van der Waals surface area contributed by atoms with E-state index in [9.17, 15) is 18.0 Å². The minimum absolute atomic E-state index is 0.0503. The molecule has 1 fully saturated rings. The van der Waals surface area contributed by atoms with E-state index in [1.807, 2.05) is 43.3 Å². The molecule has 11 heteroatoms. The van der Waals surface area contributed by atoms with Crippen LogP contribution in [0.2, 0.25) is 5.02 Å². The zero-order chi connectivity index (χ0) is 25.9. The fourth-order valence-corrected chi connectivity index (χ4v) is 4.59. The van der Waals surface area contributed by atoms with E-state index in [0.29, 0.717) is 12.5 Å². The maximum absolute atomic E-state index is 13.2. The van der Waals surface area contributed by atoms with Crippen molar-refractivity contribution < 1.29 is 18.0 Å². The lowest BCUT2D eigenvalue weighted by Crippen LogP contribution is -2.36. The van der Waals surface area contributed by atoms with Crippen molar-refractivity contribution in [2.24, 2.45) is 5.92 Å². The number of amides is 2. The number of para-hydroxylation sites is 1. The SMILES string of the molecule is CN(C)c1nc(N[C@H]2CC[C@@H](CNC(=O)Nc3ccc(Cl)cc3C(F)(F)F)CC2)nc2ccccc12. The van der Waals surface area contributed by atoms with Gasteiger partial charge in [-0.1, -0.05) is 23.7 Å². The molecule has 36 heavy (non-hydrogen) atoms. The summed E-state index contributed by atoms with van der Waals surface area (Å²) in [5.74, 6) is 1.67. The second-order valence-electron chi connectivity index (χ2n) is 9.17. The van der Waals surface area contributed by atoms with Crippen LogP contribution >= 0.6 is 11.6 Å². The van der Waals surface area contributed by atoms with Gasteiger partial charge in [0.25, 0.3) is 0 Å². The maximum atomic E-state index is 13.2. The largest absolute Gasteiger partial charge is 0.418 e. The van der Waals surface area contributed by atoms with Gasteiger partial charge in [0.2, 0.25) is 5.95 Å². The molecule has 0 radical (unpaired) electrons. The second kappa shape index (κ2) is 10.8. The molecule has 192 valence electrons. The van der Waals surface area contributed by atoms with Crippen molar-refractivity contribution in [3.63, 3.8) is 0 Å². The van der Waals surface area contributed by atoms with E-state index in [-0.39, 0.29) is 22.7 Å². The Morgan fingerprint density at radius 1 is 1.08 bits per heavy atom. The Morgan fingerprint density at radius 2 is 1.81 bits per heavy atom. The minimum Gasteiger partial charge on any atom is -0.362 e. The van der Waals surface area contributed by atoms with E-state index in [1.165, 1.54) is 6.07 Å². The number of hydrogen-bond acceptors (Lipinski definition) is 5. The standard InChI is InChI=1S/C25H28ClF3N6O/c1-35(2)22-18-5-3-4-6-20(18)32-23(34-22)31-17-10-7-15(8-11-17)14-30-24(36)33-21-12-9-16(26)13-19(21)25(27,28)29/h3-6,9,12-13,15,17H,7-8,10-11,14H2,1-2H3,(H2,30,33,36)(H,31,32,34)/t15-,17+. The number of aromatic nitrogens is 2. The molecule has 1 aliphatic rings. The molecule has 2 aromatic carbocycles. The summed E-state index contributed by atoms with van der Waals surface area (Å²) in [5.41, 5.74) is -0.438. The average molecular weight is 521 g/mol. The van der Waals surface area contributed by atoms with Crippen LogP contribution in [0, 0.1) is 5.92 Å². The molecule has 3 N–H and O–H groups in total. The number of anilines is 3. The molecule has 0 saturated heterocycles. The van der Waals surface area contributed by atoms with Crippen molar-refractivity contribution in [1.29, 1.82) is 0 Å². The summed E-state index contributed by atoms with van der Waals surface area (Å²) in [5, 5.41) is 9.37. The van der Waals surface area contributed by atoms with E-state index in [0.717, 1.165) is 54.5 Å². The van der Waals surface area contributed by atoms with Gasteiger partial charge in [0.1, 0.15) is 5.82 Å². The van der Waals surface area contributed by atoms with E-state index < -0.39 is 17.8 Å². The van der Waals surface area contributed by atoms with Gasteiger partial charge in [-0.15, -0.1) is 0 Å². The first-order chi connectivity index (χ1) is 17.1. The molecule has 1 heterocycles. The van der Waals surface area contributed by atoms with Crippen molar-refractivity contribution in [2.75, 3.05) is 36.2 Å². The number of rotatable bonds is 6. The van der Waals surface area contributed by atoms with E-state index in [2.05, 4.69) is 20.9 Å². The van der Waals surface area contributed by atoms with Crippen LogP contribution in [0.15, 0.2) is 42.5 Å². The molecule has 3 aromatic rings. The first kappa shape index (κ1) is 25.8. The van der Waals surface area contributed by atoms with Crippen LogP contribution in [0.4, 0.5) is 35.4 Å². The zero-order valence-electron chi connectivity index (χ0n) is 20.0. The molecule has 1 saturated carbocycles. The average Bonchev–Trinajstić information content (AvgIpc) is 2.83. The third-order valence-electron chi connectivity index (χ3n) is 6.27. The minimum atomic E-state index is -4.62. The van der Waals surface area contributed by atoms with Gasteiger partial charge in [0, 0.05) is 37.1 Å². The Kier molecular flexibility index (Phi) is 7.73. The number of halogens is 4. The molecule has 7 nitrogen and oxygen atoms in total. The van der Waals surface area contributed by atoms with Crippen LogP contribution in [0.3, 0.4) is 0 Å². The van der Waals surface area contributed by atoms with Crippen LogP contribution < -0.4 is 20.9 Å². The molecule has 1 aromatic heterocycles. The predicted octanol–water partition coefficient (Wildman–Crippen LogP) is 6.16. The first-order valence-electron chi connectivity index (χ1n) is 11.7. The monoisotopic (exact) mass is 520 g/mol.